The molecule has 0 saturated heterocycles. The summed E-state index contributed by atoms with van der Waals surface area (Å²) in [6, 6.07) is 10.9. The largest absolute Gasteiger partial charge is 0.477 e. The van der Waals surface area contributed by atoms with Crippen molar-refractivity contribution in [2.24, 2.45) is 4.99 Å². The first-order valence-electron chi connectivity index (χ1n) is 11.6. The maximum atomic E-state index is 14.0. The molecule has 0 fully saturated rings. The van der Waals surface area contributed by atoms with Crippen LogP contribution in [0.15, 0.2) is 53.7 Å². The number of hydrogen-bond donors (Lipinski definition) is 2. The molecule has 12 heteroatoms. The highest BCUT2D eigenvalue weighted by atomic mass is 35.5. The van der Waals surface area contributed by atoms with Gasteiger partial charge >= 0.3 is 0 Å². The molecule has 0 spiro atoms. The zero-order chi connectivity index (χ0) is 27.2. The number of benzene rings is 2. The summed E-state index contributed by atoms with van der Waals surface area (Å²) < 4.78 is 24.9. The van der Waals surface area contributed by atoms with E-state index in [4.69, 9.17) is 44.3 Å². The van der Waals surface area contributed by atoms with Gasteiger partial charge in [0.2, 0.25) is 12.0 Å². The summed E-state index contributed by atoms with van der Waals surface area (Å²) in [5, 5.41) is 5.99. The molecular weight excluding hydrogens is 558 g/mol. The number of anilines is 1. The zero-order valence-corrected chi connectivity index (χ0v) is 22.3. The van der Waals surface area contributed by atoms with Gasteiger partial charge in [-0.25, -0.2) is 14.4 Å². The Morgan fingerprint density at radius 1 is 1.13 bits per heavy atom. The lowest BCUT2D eigenvalue weighted by Crippen LogP contribution is -2.42. The molecule has 1 atom stereocenters. The molecule has 4 rings (SSSR count). The van der Waals surface area contributed by atoms with Crippen LogP contribution in [0.1, 0.15) is 34.8 Å². The van der Waals surface area contributed by atoms with Crippen LogP contribution < -0.4 is 15.4 Å². The fourth-order valence-electron chi connectivity index (χ4n) is 3.70. The van der Waals surface area contributed by atoms with Crippen LogP contribution in [0.25, 0.3) is 0 Å². The number of aromatic nitrogens is 1. The minimum absolute atomic E-state index is 0.0919. The average molecular weight is 580 g/mol. The van der Waals surface area contributed by atoms with Crippen molar-refractivity contribution in [1.82, 2.24) is 10.3 Å². The smallest absolute Gasteiger partial charge is 0.269 e. The van der Waals surface area contributed by atoms with E-state index in [1.54, 1.807) is 24.3 Å². The fraction of sp³-hybridized carbons (Fsp3) is 0.231. The number of fused-ring (bicyclic) bond motifs is 1. The third-order valence-electron chi connectivity index (χ3n) is 5.40. The summed E-state index contributed by atoms with van der Waals surface area (Å²) in [5.41, 5.74) is 1.33. The second-order valence-electron chi connectivity index (χ2n) is 8.04. The van der Waals surface area contributed by atoms with Crippen LogP contribution in [0.3, 0.4) is 0 Å². The number of rotatable bonds is 9. The molecule has 3 aromatic rings. The van der Waals surface area contributed by atoms with Crippen molar-refractivity contribution >= 4 is 58.0 Å². The van der Waals surface area contributed by atoms with Gasteiger partial charge in [-0.2, -0.15) is 0 Å². The highest BCUT2D eigenvalue weighted by molar-refractivity contribution is 6.44. The summed E-state index contributed by atoms with van der Waals surface area (Å²) >= 11 is 19.0. The molecule has 2 N–H and O–H groups in total. The molecule has 1 aromatic heterocycles. The molecule has 8 nitrogen and oxygen atoms in total. The minimum atomic E-state index is -1.43. The Hall–Kier alpha value is -3.24. The Bertz CT molecular complexity index is 1380. The van der Waals surface area contributed by atoms with Crippen molar-refractivity contribution in [3.63, 3.8) is 0 Å². The van der Waals surface area contributed by atoms with E-state index < -0.39 is 23.8 Å². The summed E-state index contributed by atoms with van der Waals surface area (Å²) in [7, 11) is 0. The van der Waals surface area contributed by atoms with Gasteiger partial charge in [0.15, 0.2) is 0 Å². The Balaban J connectivity index is 1.68. The van der Waals surface area contributed by atoms with Crippen LogP contribution in [-0.2, 0) is 9.53 Å². The standard InChI is InChI=1S/C26H22Cl3FN4O4/c1-2-37-8-5-9-38-26-17(12-15(30)13-31-26)24(35)34-23-25(36)32-20-7-4-3-6-16(20)22(33-23)21-18(28)10-14(27)11-19(21)29/h3-4,6-7,10-13,23H,2,5,8-9H2,1H3,(H,32,36)(H,34,35). The predicted molar refractivity (Wildman–Crippen MR) is 144 cm³/mol. The molecule has 0 radical (unpaired) electrons. The summed E-state index contributed by atoms with van der Waals surface area (Å²) in [4.78, 5) is 34.8. The van der Waals surface area contributed by atoms with Gasteiger partial charge in [0.1, 0.15) is 11.4 Å². The van der Waals surface area contributed by atoms with E-state index in [1.807, 2.05) is 6.92 Å². The summed E-state index contributed by atoms with van der Waals surface area (Å²) in [5.74, 6) is -2.30. The van der Waals surface area contributed by atoms with E-state index in [0.29, 0.717) is 41.5 Å². The van der Waals surface area contributed by atoms with E-state index in [9.17, 15) is 14.0 Å². The first-order chi connectivity index (χ1) is 18.3. The van der Waals surface area contributed by atoms with E-state index >= 15 is 0 Å². The molecule has 1 aliphatic rings. The molecule has 0 aliphatic carbocycles. The van der Waals surface area contributed by atoms with Crippen LogP contribution in [0.4, 0.5) is 10.1 Å². The molecular formula is C26H22Cl3FN4O4. The van der Waals surface area contributed by atoms with Gasteiger partial charge in [0.25, 0.3) is 11.8 Å². The molecule has 2 amide bonds. The third-order valence-corrected chi connectivity index (χ3v) is 6.21. The molecule has 1 aliphatic heterocycles. The van der Waals surface area contributed by atoms with Crippen LogP contribution in [0.2, 0.25) is 15.1 Å². The van der Waals surface area contributed by atoms with Gasteiger partial charge in [-0.05, 0) is 31.2 Å². The van der Waals surface area contributed by atoms with E-state index in [2.05, 4.69) is 20.6 Å². The molecule has 38 heavy (non-hydrogen) atoms. The van der Waals surface area contributed by atoms with Gasteiger partial charge in [-0.3, -0.25) is 9.59 Å². The number of hydrogen-bond acceptors (Lipinski definition) is 6. The van der Waals surface area contributed by atoms with Crippen molar-refractivity contribution in [3.8, 4) is 5.88 Å². The van der Waals surface area contributed by atoms with Crippen LogP contribution >= 0.6 is 34.8 Å². The Labute approximate surface area is 233 Å². The number of para-hydroxylation sites is 1. The van der Waals surface area contributed by atoms with Crippen molar-refractivity contribution in [3.05, 3.63) is 86.2 Å². The number of carbonyl (C=O) groups excluding carboxylic acids is 2. The number of benzodiazepines with no additional fused rings is 1. The normalized spacial score (nSPS) is 14.7. The molecule has 2 heterocycles. The lowest BCUT2D eigenvalue weighted by Gasteiger charge is -2.16. The number of nitrogens with one attached hydrogen (secondary N) is 2. The minimum Gasteiger partial charge on any atom is -0.477 e. The maximum absolute atomic E-state index is 14.0. The molecule has 2 aromatic carbocycles. The SMILES string of the molecule is CCOCCCOc1ncc(F)cc1C(=O)NC1N=C(c2c(Cl)cc(Cl)cc2Cl)c2ccccc2NC1=O. The average Bonchev–Trinajstić information content (AvgIpc) is 3.00. The Morgan fingerprint density at radius 2 is 1.87 bits per heavy atom. The highest BCUT2D eigenvalue weighted by Gasteiger charge is 2.30. The number of carbonyl (C=O) groups is 2. The number of ether oxygens (including phenoxy) is 2. The number of halogens is 4. The molecule has 0 saturated carbocycles. The van der Waals surface area contributed by atoms with Crippen molar-refractivity contribution in [1.29, 1.82) is 0 Å². The first kappa shape index (κ1) is 27.8. The number of pyridine rings is 1. The van der Waals surface area contributed by atoms with E-state index in [1.165, 1.54) is 12.1 Å². The van der Waals surface area contributed by atoms with Gasteiger partial charge in [-0.15, -0.1) is 0 Å². The van der Waals surface area contributed by atoms with Crippen LogP contribution in [-0.4, -0.2) is 48.5 Å². The van der Waals surface area contributed by atoms with Gasteiger partial charge < -0.3 is 20.1 Å². The van der Waals surface area contributed by atoms with E-state index in [0.717, 1.165) is 12.3 Å². The maximum Gasteiger partial charge on any atom is 0.269 e. The highest BCUT2D eigenvalue weighted by Crippen LogP contribution is 2.34. The molecule has 1 unspecified atom stereocenters. The molecule has 198 valence electrons. The van der Waals surface area contributed by atoms with Gasteiger partial charge in [-0.1, -0.05) is 53.0 Å². The monoisotopic (exact) mass is 578 g/mol. The second-order valence-corrected chi connectivity index (χ2v) is 9.29. The van der Waals surface area contributed by atoms with Crippen LogP contribution in [0, 0.1) is 5.82 Å². The van der Waals surface area contributed by atoms with E-state index in [-0.39, 0.29) is 33.8 Å². The number of aliphatic imine (C=N–C) groups is 1. The Kier molecular flexibility index (Phi) is 9.17. The number of nitrogens with zero attached hydrogens (tertiary/aromatic N) is 2. The predicted octanol–water partition coefficient (Wildman–Crippen LogP) is 5.53. The van der Waals surface area contributed by atoms with Crippen LogP contribution in [0.5, 0.6) is 5.88 Å². The number of amides is 2. The zero-order valence-electron chi connectivity index (χ0n) is 20.1. The topological polar surface area (TPSA) is 102 Å². The second kappa shape index (κ2) is 12.5. The van der Waals surface area contributed by atoms with Gasteiger partial charge in [0, 0.05) is 35.8 Å². The quantitative estimate of drug-likeness (QED) is 0.325. The van der Waals surface area contributed by atoms with Crippen molar-refractivity contribution < 1.29 is 23.5 Å². The summed E-state index contributed by atoms with van der Waals surface area (Å²) in [6.07, 6.45) is 0.0413. The third kappa shape index (κ3) is 6.42. The fourth-order valence-corrected chi connectivity index (χ4v) is 4.70. The first-order valence-corrected chi connectivity index (χ1v) is 12.7. The summed E-state index contributed by atoms with van der Waals surface area (Å²) in [6.45, 7) is 3.07. The lowest BCUT2D eigenvalue weighted by atomic mass is 10.0. The molecule has 0 bridgehead atoms. The lowest BCUT2D eigenvalue weighted by molar-refractivity contribution is -0.117. The van der Waals surface area contributed by atoms with Gasteiger partial charge in [0.05, 0.1) is 34.2 Å². The Morgan fingerprint density at radius 3 is 2.61 bits per heavy atom. The van der Waals surface area contributed by atoms with Crippen molar-refractivity contribution in [2.45, 2.75) is 19.5 Å². The van der Waals surface area contributed by atoms with Crippen molar-refractivity contribution in [2.75, 3.05) is 25.1 Å².